The van der Waals surface area contributed by atoms with Crippen LogP contribution in [0, 0.1) is 11.7 Å². The van der Waals surface area contributed by atoms with E-state index >= 15 is 4.39 Å². The van der Waals surface area contributed by atoms with Crippen molar-refractivity contribution in [2.24, 2.45) is 5.92 Å². The Morgan fingerprint density at radius 3 is 2.51 bits per heavy atom. The summed E-state index contributed by atoms with van der Waals surface area (Å²) < 4.78 is 16.8. The molecule has 1 aliphatic rings. The van der Waals surface area contributed by atoms with E-state index in [0.29, 0.717) is 42.4 Å². The first-order valence-corrected chi connectivity index (χ1v) is 12.3. The lowest BCUT2D eigenvalue weighted by Crippen LogP contribution is -2.54. The molecule has 0 bridgehead atoms. The first kappa shape index (κ1) is 24.4. The van der Waals surface area contributed by atoms with Gasteiger partial charge in [0, 0.05) is 61.3 Å². The minimum atomic E-state index is -1.06. The zero-order valence-electron chi connectivity index (χ0n) is 20.9. The van der Waals surface area contributed by atoms with Gasteiger partial charge in [-0.15, -0.1) is 0 Å². The van der Waals surface area contributed by atoms with Gasteiger partial charge in [-0.1, -0.05) is 32.0 Å². The van der Waals surface area contributed by atoms with E-state index in [0.717, 1.165) is 10.9 Å². The lowest BCUT2D eigenvalue weighted by atomic mass is 10.0. The van der Waals surface area contributed by atoms with Crippen LogP contribution < -0.4 is 4.90 Å². The number of nitrogens with zero attached hydrogens (tertiary/aromatic N) is 5. The van der Waals surface area contributed by atoms with E-state index < -0.39 is 5.97 Å². The monoisotopic (exact) mass is 501 g/mol. The molecule has 0 saturated carbocycles. The molecule has 1 unspecified atom stereocenters. The Hall–Kier alpha value is -4.27. The van der Waals surface area contributed by atoms with Crippen LogP contribution in [-0.4, -0.2) is 62.1 Å². The molecule has 1 N–H and O–H groups in total. The largest absolute Gasteiger partial charge is 0.478 e. The predicted octanol–water partition coefficient (Wildman–Crippen LogP) is 4.62. The molecule has 190 valence electrons. The number of aromatic nitrogens is 3. The number of fused-ring (bicyclic) bond motifs is 1. The number of aromatic carboxylic acids is 1. The predicted molar refractivity (Wildman–Crippen MR) is 139 cm³/mol. The van der Waals surface area contributed by atoms with Crippen molar-refractivity contribution in [1.29, 1.82) is 0 Å². The second-order valence-corrected chi connectivity index (χ2v) is 9.61. The van der Waals surface area contributed by atoms with Gasteiger partial charge in [-0.3, -0.25) is 4.79 Å². The van der Waals surface area contributed by atoms with Crippen LogP contribution in [0.25, 0.3) is 27.8 Å². The molecular formula is C28H28FN5O3. The van der Waals surface area contributed by atoms with E-state index in [1.165, 1.54) is 24.4 Å². The number of carboxylic acid groups (broad SMARTS) is 1. The summed E-state index contributed by atoms with van der Waals surface area (Å²) in [6.45, 7) is 7.57. The first-order chi connectivity index (χ1) is 17.8. The number of carbonyl (C=O) groups is 2. The van der Waals surface area contributed by atoms with Crippen LogP contribution >= 0.6 is 0 Å². The smallest absolute Gasteiger partial charge is 0.335 e. The third-order valence-electron chi connectivity index (χ3n) is 6.80. The maximum Gasteiger partial charge on any atom is 0.335 e. The van der Waals surface area contributed by atoms with Gasteiger partial charge in [0.2, 0.25) is 5.91 Å². The molecule has 1 aliphatic heterocycles. The number of amides is 1. The van der Waals surface area contributed by atoms with Crippen molar-refractivity contribution in [1.82, 2.24) is 19.4 Å². The standard InChI is InChI=1S/C28H28FN5O3/c1-17(2)27(35)32-12-13-33(18(3)15-32)26-25-21(20-6-4-5-7-22(20)29)16-34(23(25)9-11-31-26)24-14-19(28(36)37)8-10-30-24/h4-11,14,16-18H,12-13,15H2,1-3H3,(H,36,37). The van der Waals surface area contributed by atoms with Crippen molar-refractivity contribution in [2.45, 2.75) is 26.8 Å². The molecule has 4 heterocycles. The molecule has 4 aromatic rings. The van der Waals surface area contributed by atoms with E-state index in [1.54, 1.807) is 35.2 Å². The highest BCUT2D eigenvalue weighted by atomic mass is 19.1. The molecule has 1 atom stereocenters. The second kappa shape index (κ2) is 9.65. The summed E-state index contributed by atoms with van der Waals surface area (Å²) in [5, 5.41) is 10.2. The number of halogens is 1. The highest BCUT2D eigenvalue weighted by molar-refractivity contribution is 6.04. The minimum Gasteiger partial charge on any atom is -0.478 e. The molecule has 5 rings (SSSR count). The molecule has 1 aromatic carbocycles. The fourth-order valence-electron chi connectivity index (χ4n) is 4.98. The van der Waals surface area contributed by atoms with Gasteiger partial charge in [-0.25, -0.2) is 19.2 Å². The van der Waals surface area contributed by atoms with Crippen LogP contribution in [0.1, 0.15) is 31.1 Å². The summed E-state index contributed by atoms with van der Waals surface area (Å²) in [6, 6.07) is 11.3. The lowest BCUT2D eigenvalue weighted by Gasteiger charge is -2.41. The van der Waals surface area contributed by atoms with Gasteiger partial charge in [0.25, 0.3) is 0 Å². The number of carboxylic acids is 1. The van der Waals surface area contributed by atoms with Gasteiger partial charge in [0.05, 0.1) is 16.5 Å². The highest BCUT2D eigenvalue weighted by Crippen LogP contribution is 2.39. The maximum absolute atomic E-state index is 15.1. The summed E-state index contributed by atoms with van der Waals surface area (Å²) in [5.74, 6) is -0.280. The summed E-state index contributed by atoms with van der Waals surface area (Å²) in [5.41, 5.74) is 1.88. The van der Waals surface area contributed by atoms with Crippen molar-refractivity contribution in [2.75, 3.05) is 24.5 Å². The van der Waals surface area contributed by atoms with E-state index in [4.69, 9.17) is 4.98 Å². The molecule has 1 fully saturated rings. The van der Waals surface area contributed by atoms with Crippen LogP contribution in [-0.2, 0) is 4.79 Å². The van der Waals surface area contributed by atoms with Crippen LogP contribution in [0.3, 0.4) is 0 Å². The van der Waals surface area contributed by atoms with Gasteiger partial charge in [-0.05, 0) is 31.2 Å². The summed E-state index contributed by atoms with van der Waals surface area (Å²) >= 11 is 0. The zero-order valence-corrected chi connectivity index (χ0v) is 20.9. The number of piperazine rings is 1. The third-order valence-corrected chi connectivity index (χ3v) is 6.80. The minimum absolute atomic E-state index is 0.0140. The normalized spacial score (nSPS) is 16.0. The number of hydrogen-bond acceptors (Lipinski definition) is 5. The first-order valence-electron chi connectivity index (χ1n) is 12.3. The molecule has 37 heavy (non-hydrogen) atoms. The maximum atomic E-state index is 15.1. The number of pyridine rings is 2. The SMILES string of the molecule is CC(C)C(=O)N1CCN(c2nccc3c2c(-c2ccccc2F)cn3-c2cc(C(=O)O)ccn2)C(C)C1. The molecule has 8 nitrogen and oxygen atoms in total. The summed E-state index contributed by atoms with van der Waals surface area (Å²) in [4.78, 5) is 37.4. The second-order valence-electron chi connectivity index (χ2n) is 9.61. The van der Waals surface area contributed by atoms with Crippen LogP contribution in [0.4, 0.5) is 10.2 Å². The number of rotatable bonds is 5. The highest BCUT2D eigenvalue weighted by Gasteiger charge is 2.31. The van der Waals surface area contributed by atoms with E-state index in [-0.39, 0.29) is 29.2 Å². The third kappa shape index (κ3) is 4.41. The van der Waals surface area contributed by atoms with Crippen molar-refractivity contribution in [3.8, 4) is 16.9 Å². The van der Waals surface area contributed by atoms with Crippen LogP contribution in [0.2, 0.25) is 0 Å². The Morgan fingerprint density at radius 1 is 1.05 bits per heavy atom. The zero-order chi connectivity index (χ0) is 26.3. The average molecular weight is 502 g/mol. The number of benzene rings is 1. The van der Waals surface area contributed by atoms with Crippen molar-refractivity contribution in [3.63, 3.8) is 0 Å². The Balaban J connectivity index is 1.68. The molecule has 9 heteroatoms. The molecule has 0 radical (unpaired) electrons. The molecule has 1 saturated heterocycles. The topological polar surface area (TPSA) is 91.6 Å². The summed E-state index contributed by atoms with van der Waals surface area (Å²) in [6.07, 6.45) is 4.92. The van der Waals surface area contributed by atoms with Crippen LogP contribution in [0.15, 0.2) is 61.1 Å². The number of anilines is 1. The van der Waals surface area contributed by atoms with Gasteiger partial charge < -0.3 is 19.5 Å². The molecule has 1 amide bonds. The Kier molecular flexibility index (Phi) is 6.37. The Bertz CT molecular complexity index is 1500. The Labute approximate surface area is 214 Å². The molecule has 0 aliphatic carbocycles. The van der Waals surface area contributed by atoms with Crippen molar-refractivity contribution in [3.05, 3.63) is 72.4 Å². The van der Waals surface area contributed by atoms with Gasteiger partial charge >= 0.3 is 5.97 Å². The Morgan fingerprint density at radius 2 is 1.81 bits per heavy atom. The quantitative estimate of drug-likeness (QED) is 0.429. The summed E-state index contributed by atoms with van der Waals surface area (Å²) in [7, 11) is 0. The number of hydrogen-bond donors (Lipinski definition) is 1. The van der Waals surface area contributed by atoms with Gasteiger partial charge in [0.15, 0.2) is 0 Å². The number of carbonyl (C=O) groups excluding carboxylic acids is 1. The molecular weight excluding hydrogens is 473 g/mol. The van der Waals surface area contributed by atoms with Crippen molar-refractivity contribution < 1.29 is 19.1 Å². The van der Waals surface area contributed by atoms with Crippen molar-refractivity contribution >= 4 is 28.6 Å². The van der Waals surface area contributed by atoms with Gasteiger partial charge in [-0.2, -0.15) is 0 Å². The van der Waals surface area contributed by atoms with E-state index in [2.05, 4.69) is 16.8 Å². The fourth-order valence-corrected chi connectivity index (χ4v) is 4.98. The van der Waals surface area contributed by atoms with E-state index in [1.807, 2.05) is 24.8 Å². The average Bonchev–Trinajstić information content (AvgIpc) is 3.28. The molecule has 3 aromatic heterocycles. The van der Waals surface area contributed by atoms with E-state index in [9.17, 15) is 14.7 Å². The fraction of sp³-hybridized carbons (Fsp3) is 0.286. The lowest BCUT2D eigenvalue weighted by molar-refractivity contribution is -0.135. The van der Waals surface area contributed by atoms with Crippen LogP contribution in [0.5, 0.6) is 0 Å². The molecule has 0 spiro atoms. The van der Waals surface area contributed by atoms with Gasteiger partial charge in [0.1, 0.15) is 17.5 Å².